The monoisotopic (exact) mass is 530 g/mol. The van der Waals surface area contributed by atoms with Crippen LogP contribution in [0.3, 0.4) is 0 Å². The molecule has 2 aromatic rings. The van der Waals surface area contributed by atoms with Crippen molar-refractivity contribution in [3.05, 3.63) is 69.8 Å². The van der Waals surface area contributed by atoms with E-state index in [-0.39, 0.29) is 10.8 Å². The van der Waals surface area contributed by atoms with Crippen molar-refractivity contribution < 1.29 is 15.9 Å². The van der Waals surface area contributed by atoms with Crippen molar-refractivity contribution in [2.75, 3.05) is 0 Å². The molecule has 31 heavy (non-hydrogen) atoms. The van der Waals surface area contributed by atoms with Gasteiger partial charge in [0.1, 0.15) is 0 Å². The second-order valence-corrected chi connectivity index (χ2v) is 31.0. The van der Waals surface area contributed by atoms with Gasteiger partial charge >= 0.3 is 197 Å². The fourth-order valence-electron chi connectivity index (χ4n) is 5.40. The number of hydrogen-bond donors (Lipinski definition) is 0. The summed E-state index contributed by atoms with van der Waals surface area (Å²) in [6, 6.07) is 9.04. The molecule has 0 N–H and O–H groups in total. The third-order valence-corrected chi connectivity index (χ3v) is 23.9. The Morgan fingerprint density at radius 2 is 1.10 bits per heavy atom. The first-order valence-corrected chi connectivity index (χ1v) is 21.5. The quantitative estimate of drug-likeness (QED) is 0.384. The van der Waals surface area contributed by atoms with E-state index in [2.05, 4.69) is 101 Å². The predicted molar refractivity (Wildman–Crippen MR) is 138 cm³/mol. The molecule has 0 saturated carbocycles. The topological polar surface area (TPSA) is 0 Å². The summed E-state index contributed by atoms with van der Waals surface area (Å²) < 4.78 is 4.49. The zero-order valence-corrected chi connectivity index (χ0v) is 23.8. The molecule has 0 spiro atoms. The Labute approximate surface area is 196 Å². The summed E-state index contributed by atoms with van der Waals surface area (Å²) in [5, 5.41) is 0. The maximum absolute atomic E-state index is 7.78. The van der Waals surface area contributed by atoms with E-state index < -0.39 is 15.9 Å². The average molecular weight is 533 g/mol. The van der Waals surface area contributed by atoms with E-state index in [1.54, 1.807) is 0 Å². The minimum atomic E-state index is -4.68. The number of allylic oxidation sites excluding steroid dienone is 2. The van der Waals surface area contributed by atoms with E-state index in [1.165, 1.54) is 33.4 Å². The first kappa shape index (κ1) is 23.4. The van der Waals surface area contributed by atoms with Gasteiger partial charge in [0, 0.05) is 0 Å². The van der Waals surface area contributed by atoms with Crippen molar-refractivity contribution in [1.29, 1.82) is 0 Å². The minimum absolute atomic E-state index is 0.0901. The van der Waals surface area contributed by atoms with E-state index in [4.69, 9.17) is 17.0 Å². The summed E-state index contributed by atoms with van der Waals surface area (Å²) in [5.41, 5.74) is 8.28. The molecule has 0 heterocycles. The molecule has 0 nitrogen and oxygen atoms in total. The summed E-state index contributed by atoms with van der Waals surface area (Å²) in [6.07, 6.45) is 10.9. The number of benzene rings is 2. The molecule has 2 aromatic carbocycles. The third kappa shape index (κ3) is 3.64. The zero-order chi connectivity index (χ0) is 22.8. The second-order valence-electron chi connectivity index (χ2n) is 11.2. The van der Waals surface area contributed by atoms with E-state index in [0.29, 0.717) is 0 Å². The molecule has 2 aliphatic carbocycles. The molecule has 4 rings (SSSR count). The number of rotatable bonds is 2. The Morgan fingerprint density at radius 3 is 1.42 bits per heavy atom. The van der Waals surface area contributed by atoms with Crippen LogP contribution in [0.25, 0.3) is 12.2 Å². The normalized spacial score (nSPS) is 15.9. The molecular formula is C28H34Cl2Zr. The van der Waals surface area contributed by atoms with Gasteiger partial charge in [0.15, 0.2) is 0 Å². The molecule has 0 saturated heterocycles. The molecule has 0 atom stereocenters. The van der Waals surface area contributed by atoms with Crippen LogP contribution in [0.2, 0.25) is 0 Å². The van der Waals surface area contributed by atoms with Gasteiger partial charge in [-0.1, -0.05) is 0 Å². The first-order valence-electron chi connectivity index (χ1n) is 11.3. The van der Waals surface area contributed by atoms with Crippen LogP contribution in [0, 0.1) is 0 Å². The molecule has 0 aromatic heterocycles. The van der Waals surface area contributed by atoms with E-state index in [0.717, 1.165) is 19.4 Å². The third-order valence-electron chi connectivity index (χ3n) is 7.04. The van der Waals surface area contributed by atoms with Crippen LogP contribution in [0.1, 0.15) is 81.8 Å². The van der Waals surface area contributed by atoms with Crippen molar-refractivity contribution in [3.8, 4) is 0 Å². The van der Waals surface area contributed by atoms with Crippen LogP contribution in [-0.4, -0.2) is 3.71 Å². The van der Waals surface area contributed by atoms with Gasteiger partial charge in [0.2, 0.25) is 0 Å². The molecule has 2 aliphatic rings. The number of hydrogen-bond acceptors (Lipinski definition) is 0. The van der Waals surface area contributed by atoms with Crippen LogP contribution in [-0.2, 0) is 39.6 Å². The average Bonchev–Trinajstić information content (AvgIpc) is 3.34. The molecule has 0 aliphatic heterocycles. The standard InChI is InChI=1S/2C13H15.C2H4.2ClH.Zr/c2*1-13(2,3)12-9-5-7-10-6-4-8-11(10)12;1-2;;;/h2*4-6,9H,8H2,1-3H3;1H,2H3;2*1H;/q;;;;;+2/p-2. The Morgan fingerprint density at radius 1 is 0.710 bits per heavy atom. The Balaban J connectivity index is 2.04. The van der Waals surface area contributed by atoms with Gasteiger partial charge in [0.25, 0.3) is 0 Å². The maximum atomic E-state index is 7.78. The van der Waals surface area contributed by atoms with Gasteiger partial charge in [0.05, 0.1) is 0 Å². The number of fused-ring (bicyclic) bond motifs is 2. The van der Waals surface area contributed by atoms with Gasteiger partial charge in [-0.2, -0.15) is 0 Å². The van der Waals surface area contributed by atoms with Crippen LogP contribution >= 0.6 is 17.0 Å². The van der Waals surface area contributed by atoms with Gasteiger partial charge in [-0.3, -0.25) is 0 Å². The Hall–Kier alpha value is -0.747. The fraction of sp³-hybridized carbons (Fsp3) is 0.393. The van der Waals surface area contributed by atoms with Gasteiger partial charge in [-0.25, -0.2) is 0 Å². The molecule has 0 amide bonds. The molecule has 0 fully saturated rings. The predicted octanol–water partition coefficient (Wildman–Crippen LogP) is 7.19. The SMILES string of the molecule is C[CH]=[Zr]([Cl])([Cl])([c]1ccc(C(C)(C)C)c2c1C=CC2)[c]1ccc(C(C)(C)C)c2c1C=CC2. The zero-order valence-electron chi connectivity index (χ0n) is 19.9. The molecule has 0 radical (unpaired) electrons. The number of halogens is 2. The van der Waals surface area contributed by atoms with Crippen LogP contribution < -0.4 is 6.54 Å². The van der Waals surface area contributed by atoms with E-state index >= 15 is 0 Å². The van der Waals surface area contributed by atoms with Gasteiger partial charge in [-0.15, -0.1) is 0 Å². The van der Waals surface area contributed by atoms with Crippen molar-refractivity contribution >= 4 is 39.4 Å². The van der Waals surface area contributed by atoms with Crippen molar-refractivity contribution in [1.82, 2.24) is 0 Å². The van der Waals surface area contributed by atoms with Gasteiger partial charge in [-0.05, 0) is 0 Å². The summed E-state index contributed by atoms with van der Waals surface area (Å²) in [6.45, 7) is 15.8. The summed E-state index contributed by atoms with van der Waals surface area (Å²) in [7, 11) is 15.6. The van der Waals surface area contributed by atoms with E-state index in [1.807, 2.05) is 0 Å². The Bertz CT molecular complexity index is 1120. The molecule has 164 valence electrons. The fourth-order valence-corrected chi connectivity index (χ4v) is 17.0. The van der Waals surface area contributed by atoms with Gasteiger partial charge < -0.3 is 0 Å². The Kier molecular flexibility index (Phi) is 5.57. The van der Waals surface area contributed by atoms with Crippen molar-refractivity contribution in [2.24, 2.45) is 0 Å². The molecule has 3 heteroatoms. The summed E-state index contributed by atoms with van der Waals surface area (Å²) in [4.78, 5) is 0. The van der Waals surface area contributed by atoms with Crippen LogP contribution in [0.5, 0.6) is 0 Å². The molecule has 0 bridgehead atoms. The first-order chi connectivity index (χ1) is 14.3. The molecule has 0 unspecified atom stereocenters. The van der Waals surface area contributed by atoms with E-state index in [9.17, 15) is 0 Å². The van der Waals surface area contributed by atoms with Crippen molar-refractivity contribution in [3.63, 3.8) is 0 Å². The second kappa shape index (κ2) is 7.38. The van der Waals surface area contributed by atoms with Crippen LogP contribution in [0.4, 0.5) is 0 Å². The van der Waals surface area contributed by atoms with Crippen LogP contribution in [0.15, 0.2) is 36.4 Å². The molecular weight excluding hydrogens is 498 g/mol. The summed E-state index contributed by atoms with van der Waals surface area (Å²) >= 11 is -4.68. The summed E-state index contributed by atoms with van der Waals surface area (Å²) in [5.74, 6) is 0. The van der Waals surface area contributed by atoms with Crippen molar-refractivity contribution in [2.45, 2.75) is 72.1 Å².